The van der Waals surface area contributed by atoms with Crippen LogP contribution in [0.1, 0.15) is 28.4 Å². The Balaban J connectivity index is 3.82. The van der Waals surface area contributed by atoms with Crippen LogP contribution in [0, 0.1) is 6.92 Å². The summed E-state index contributed by atoms with van der Waals surface area (Å²) in [6, 6.07) is 2.44. The minimum atomic E-state index is -3.72. The first-order valence-corrected chi connectivity index (χ1v) is 7.97. The van der Waals surface area contributed by atoms with E-state index < -0.39 is 19.6 Å². The van der Waals surface area contributed by atoms with Crippen molar-refractivity contribution in [3.63, 3.8) is 0 Å². The van der Waals surface area contributed by atoms with E-state index in [2.05, 4.69) is 0 Å². The molecule has 0 amide bonds. The van der Waals surface area contributed by atoms with Gasteiger partial charge in [0.15, 0.2) is 9.84 Å². The van der Waals surface area contributed by atoms with Gasteiger partial charge in [-0.3, -0.25) is 0 Å². The maximum absolute atomic E-state index is 12.1. The van der Waals surface area contributed by atoms with Crippen molar-refractivity contribution >= 4 is 50.6 Å². The Labute approximate surface area is 126 Å². The number of alkyl halides is 3. The molecule has 0 atom stereocenters. The molecule has 1 aromatic rings. The number of halogens is 3. The van der Waals surface area contributed by atoms with E-state index in [1.165, 1.54) is 26.0 Å². The average Bonchev–Trinajstić information content (AvgIpc) is 2.26. The van der Waals surface area contributed by atoms with Crippen molar-refractivity contribution < 1.29 is 18.3 Å². The van der Waals surface area contributed by atoms with Crippen molar-refractivity contribution in [3.05, 3.63) is 28.8 Å². The Hall–Kier alpha value is -0.490. The summed E-state index contributed by atoms with van der Waals surface area (Å²) in [5, 5.41) is 9.03. The van der Waals surface area contributed by atoms with Gasteiger partial charge < -0.3 is 5.11 Å². The van der Waals surface area contributed by atoms with Gasteiger partial charge in [0.05, 0.1) is 16.2 Å². The van der Waals surface area contributed by atoms with E-state index in [9.17, 15) is 13.2 Å². The van der Waals surface area contributed by atoms with Gasteiger partial charge in [0.25, 0.3) is 0 Å². The summed E-state index contributed by atoms with van der Waals surface area (Å²) in [5.74, 6) is -1.45. The molecule has 0 saturated heterocycles. The standard InChI is InChI=1S/C11H11Cl3O4S/c1-3-19(17,18)9-6(2)7(10(15)16)4-5-8(9)11(12,13)14/h4-5H,3H2,1-2H3,(H,15,16). The van der Waals surface area contributed by atoms with Gasteiger partial charge in [-0.05, 0) is 18.6 Å². The summed E-state index contributed by atoms with van der Waals surface area (Å²) in [5.41, 5.74) is -0.106. The highest BCUT2D eigenvalue weighted by Crippen LogP contribution is 2.43. The van der Waals surface area contributed by atoms with E-state index in [0.717, 1.165) is 0 Å². The van der Waals surface area contributed by atoms with Crippen LogP contribution >= 0.6 is 34.8 Å². The zero-order chi connectivity index (χ0) is 15.0. The van der Waals surface area contributed by atoms with Crippen LogP contribution in [0.2, 0.25) is 0 Å². The van der Waals surface area contributed by atoms with E-state index in [0.29, 0.717) is 0 Å². The van der Waals surface area contributed by atoms with Crippen molar-refractivity contribution in [1.82, 2.24) is 0 Å². The first-order chi connectivity index (χ1) is 8.52. The molecule has 1 N–H and O–H groups in total. The summed E-state index contributed by atoms with van der Waals surface area (Å²) < 4.78 is 22.2. The van der Waals surface area contributed by atoms with Crippen molar-refractivity contribution in [3.8, 4) is 0 Å². The van der Waals surface area contributed by atoms with Gasteiger partial charge in [-0.25, -0.2) is 13.2 Å². The summed E-state index contributed by atoms with van der Waals surface area (Å²) in [7, 11) is -3.72. The summed E-state index contributed by atoms with van der Waals surface area (Å²) in [6.07, 6.45) is 0. The number of carboxylic acids is 1. The molecule has 0 unspecified atom stereocenters. The van der Waals surface area contributed by atoms with E-state index >= 15 is 0 Å². The Kier molecular flexibility index (Phi) is 4.78. The minimum absolute atomic E-state index is 0.0400. The number of hydrogen-bond acceptors (Lipinski definition) is 3. The van der Waals surface area contributed by atoms with Crippen LogP contribution in [0.5, 0.6) is 0 Å². The zero-order valence-electron chi connectivity index (χ0n) is 10.1. The van der Waals surface area contributed by atoms with Crippen molar-refractivity contribution in [2.45, 2.75) is 22.5 Å². The smallest absolute Gasteiger partial charge is 0.335 e. The highest BCUT2D eigenvalue weighted by Gasteiger charge is 2.33. The topological polar surface area (TPSA) is 71.4 Å². The molecule has 19 heavy (non-hydrogen) atoms. The molecule has 0 bridgehead atoms. The van der Waals surface area contributed by atoms with Gasteiger partial charge in [-0.1, -0.05) is 47.8 Å². The van der Waals surface area contributed by atoms with Crippen LogP contribution in [0.25, 0.3) is 0 Å². The lowest BCUT2D eigenvalue weighted by Crippen LogP contribution is -2.16. The molecule has 0 radical (unpaired) electrons. The molecule has 1 rings (SSSR count). The van der Waals surface area contributed by atoms with E-state index in [1.807, 2.05) is 0 Å². The van der Waals surface area contributed by atoms with Crippen LogP contribution in [-0.2, 0) is 13.6 Å². The fourth-order valence-corrected chi connectivity index (χ4v) is 3.75. The lowest BCUT2D eigenvalue weighted by molar-refractivity contribution is 0.0696. The number of carboxylic acid groups (broad SMARTS) is 1. The molecule has 0 aromatic heterocycles. The third-order valence-electron chi connectivity index (χ3n) is 2.63. The predicted molar refractivity (Wildman–Crippen MR) is 75.1 cm³/mol. The molecular formula is C11H11Cl3O4S. The normalized spacial score (nSPS) is 12.5. The second kappa shape index (κ2) is 5.48. The molecule has 4 nitrogen and oxygen atoms in total. The van der Waals surface area contributed by atoms with Crippen molar-refractivity contribution in [2.24, 2.45) is 0 Å². The molecule has 0 fully saturated rings. The average molecular weight is 346 g/mol. The van der Waals surface area contributed by atoms with Gasteiger partial charge in [0, 0.05) is 5.56 Å². The van der Waals surface area contributed by atoms with E-state index in [-0.39, 0.29) is 27.3 Å². The highest BCUT2D eigenvalue weighted by atomic mass is 35.6. The Morgan fingerprint density at radius 2 is 1.84 bits per heavy atom. The monoisotopic (exact) mass is 344 g/mol. The Morgan fingerprint density at radius 1 is 1.32 bits per heavy atom. The zero-order valence-corrected chi connectivity index (χ0v) is 13.2. The van der Waals surface area contributed by atoms with Crippen LogP contribution in [-0.4, -0.2) is 25.2 Å². The second-order valence-corrected chi connectivity index (χ2v) is 8.32. The van der Waals surface area contributed by atoms with Crippen molar-refractivity contribution in [1.29, 1.82) is 0 Å². The molecule has 0 spiro atoms. The van der Waals surface area contributed by atoms with Gasteiger partial charge in [-0.2, -0.15) is 0 Å². The van der Waals surface area contributed by atoms with E-state index in [1.54, 1.807) is 0 Å². The molecular weight excluding hydrogens is 335 g/mol. The van der Waals surface area contributed by atoms with Crippen LogP contribution in [0.4, 0.5) is 0 Å². The SMILES string of the molecule is CCS(=O)(=O)c1c(C(Cl)(Cl)Cl)ccc(C(=O)O)c1C. The van der Waals surface area contributed by atoms with Gasteiger partial charge >= 0.3 is 5.97 Å². The van der Waals surface area contributed by atoms with Crippen LogP contribution in [0.15, 0.2) is 17.0 Å². The number of rotatable bonds is 3. The molecule has 8 heteroatoms. The Bertz CT molecular complexity index is 618. The lowest BCUT2D eigenvalue weighted by atomic mass is 10.1. The molecule has 0 aliphatic heterocycles. The first kappa shape index (κ1) is 16.6. The van der Waals surface area contributed by atoms with Gasteiger partial charge in [-0.15, -0.1) is 0 Å². The maximum Gasteiger partial charge on any atom is 0.335 e. The molecule has 0 aliphatic carbocycles. The molecule has 0 aliphatic rings. The predicted octanol–water partition coefficient (Wildman–Crippen LogP) is 3.31. The largest absolute Gasteiger partial charge is 0.478 e. The number of aromatic carboxylic acids is 1. The molecule has 0 saturated carbocycles. The number of benzene rings is 1. The Morgan fingerprint density at radius 3 is 2.21 bits per heavy atom. The quantitative estimate of drug-likeness (QED) is 0.853. The van der Waals surface area contributed by atoms with Gasteiger partial charge in [0.1, 0.15) is 0 Å². The van der Waals surface area contributed by atoms with Crippen LogP contribution < -0.4 is 0 Å². The molecule has 1 aromatic carbocycles. The van der Waals surface area contributed by atoms with Crippen LogP contribution in [0.3, 0.4) is 0 Å². The molecule has 106 valence electrons. The number of carbonyl (C=O) groups is 1. The summed E-state index contributed by atoms with van der Waals surface area (Å²) in [4.78, 5) is 10.8. The minimum Gasteiger partial charge on any atom is -0.478 e. The summed E-state index contributed by atoms with van der Waals surface area (Å²) in [6.45, 7) is 2.82. The third kappa shape index (κ3) is 3.34. The molecule has 0 heterocycles. The van der Waals surface area contributed by atoms with E-state index in [4.69, 9.17) is 39.9 Å². The number of hydrogen-bond donors (Lipinski definition) is 1. The maximum atomic E-state index is 12.1. The number of sulfone groups is 1. The van der Waals surface area contributed by atoms with Crippen molar-refractivity contribution in [2.75, 3.05) is 5.75 Å². The van der Waals surface area contributed by atoms with Gasteiger partial charge in [0.2, 0.25) is 3.79 Å². The first-order valence-electron chi connectivity index (χ1n) is 5.19. The fraction of sp³-hybridized carbons (Fsp3) is 0.364. The second-order valence-electron chi connectivity index (χ2n) is 3.82. The fourth-order valence-electron chi connectivity index (χ4n) is 1.69. The lowest BCUT2D eigenvalue weighted by Gasteiger charge is -2.19. The summed E-state index contributed by atoms with van der Waals surface area (Å²) >= 11 is 17.2. The highest BCUT2D eigenvalue weighted by molar-refractivity contribution is 7.91. The third-order valence-corrected chi connectivity index (χ3v) is 5.15.